The molecule has 0 unspecified atom stereocenters. The van der Waals surface area contributed by atoms with Gasteiger partial charge in [0.1, 0.15) is 0 Å². The number of benzene rings is 1. The summed E-state index contributed by atoms with van der Waals surface area (Å²) in [5.41, 5.74) is 5.15. The van der Waals surface area contributed by atoms with Gasteiger partial charge in [0.25, 0.3) is 0 Å². The third-order valence-corrected chi connectivity index (χ3v) is 4.77. The number of sulfonamides is 1. The van der Waals surface area contributed by atoms with E-state index in [2.05, 4.69) is 36.6 Å². The number of rotatable bonds is 4. The number of nitrogens with one attached hydrogen (secondary N) is 1. The Balaban J connectivity index is 2.98. The lowest BCUT2D eigenvalue weighted by Crippen LogP contribution is -2.45. The maximum absolute atomic E-state index is 12.0. The van der Waals surface area contributed by atoms with E-state index in [1.165, 1.54) is 6.07 Å². The van der Waals surface area contributed by atoms with Crippen LogP contribution in [-0.4, -0.2) is 20.5 Å². The first-order chi connectivity index (χ1) is 7.62. The molecule has 0 spiro atoms. The first kappa shape index (κ1) is 15.1. The van der Waals surface area contributed by atoms with Crippen LogP contribution in [0.2, 0.25) is 0 Å². The topological polar surface area (TPSA) is 72.2 Å². The summed E-state index contributed by atoms with van der Waals surface area (Å²) in [7, 11) is -3.54. The summed E-state index contributed by atoms with van der Waals surface area (Å²) in [4.78, 5) is 0.199. The summed E-state index contributed by atoms with van der Waals surface area (Å²) in [6.07, 6.45) is 0. The van der Waals surface area contributed by atoms with Crippen molar-refractivity contribution in [2.75, 3.05) is 6.54 Å². The van der Waals surface area contributed by atoms with Crippen LogP contribution in [0.1, 0.15) is 13.8 Å². The van der Waals surface area contributed by atoms with Crippen molar-refractivity contribution in [1.82, 2.24) is 4.72 Å². The van der Waals surface area contributed by atoms with Crippen molar-refractivity contribution in [2.24, 2.45) is 5.73 Å². The van der Waals surface area contributed by atoms with Crippen molar-refractivity contribution in [3.63, 3.8) is 0 Å². The molecular weight excluding hydrogens is 372 g/mol. The van der Waals surface area contributed by atoms with E-state index in [0.29, 0.717) is 4.47 Å². The Labute approximate surface area is 118 Å². The second-order valence-corrected chi connectivity index (χ2v) is 7.89. The zero-order valence-corrected chi connectivity index (χ0v) is 13.5. The van der Waals surface area contributed by atoms with E-state index in [-0.39, 0.29) is 11.4 Å². The standard InChI is InChI=1S/C10H14Br2N2O2S/c1-10(2,13)6-14-17(15,16)9-4-3-7(11)5-8(9)12/h3-5,14H,6,13H2,1-2H3. The van der Waals surface area contributed by atoms with Crippen molar-refractivity contribution in [3.05, 3.63) is 27.1 Å². The van der Waals surface area contributed by atoms with Crippen LogP contribution in [0.4, 0.5) is 0 Å². The van der Waals surface area contributed by atoms with Crippen molar-refractivity contribution in [2.45, 2.75) is 24.3 Å². The molecular formula is C10H14Br2N2O2S. The molecule has 17 heavy (non-hydrogen) atoms. The average Bonchev–Trinajstić information content (AvgIpc) is 2.13. The molecule has 4 nitrogen and oxygen atoms in total. The van der Waals surface area contributed by atoms with Gasteiger partial charge in [0.2, 0.25) is 10.0 Å². The Kier molecular flexibility index (Phi) is 4.76. The number of nitrogens with two attached hydrogens (primary N) is 1. The Morgan fingerprint density at radius 2 is 1.94 bits per heavy atom. The van der Waals surface area contributed by atoms with Crippen LogP contribution < -0.4 is 10.5 Å². The third kappa shape index (κ3) is 4.67. The number of hydrogen-bond donors (Lipinski definition) is 2. The van der Waals surface area contributed by atoms with Crippen molar-refractivity contribution in [1.29, 1.82) is 0 Å². The van der Waals surface area contributed by atoms with Crippen LogP contribution in [0.15, 0.2) is 32.0 Å². The Morgan fingerprint density at radius 1 is 1.35 bits per heavy atom. The highest BCUT2D eigenvalue weighted by atomic mass is 79.9. The molecule has 0 saturated carbocycles. The first-order valence-electron chi connectivity index (χ1n) is 4.85. The zero-order valence-electron chi connectivity index (χ0n) is 9.50. The molecule has 3 N–H and O–H groups in total. The summed E-state index contributed by atoms with van der Waals surface area (Å²) in [6.45, 7) is 3.69. The van der Waals surface area contributed by atoms with Gasteiger partial charge in [0.05, 0.1) is 4.90 Å². The minimum Gasteiger partial charge on any atom is -0.324 e. The third-order valence-electron chi connectivity index (χ3n) is 1.90. The van der Waals surface area contributed by atoms with Gasteiger partial charge in [-0.05, 0) is 48.0 Å². The van der Waals surface area contributed by atoms with E-state index in [9.17, 15) is 8.42 Å². The van der Waals surface area contributed by atoms with E-state index in [1.807, 2.05) is 0 Å². The Hall–Kier alpha value is 0.0500. The Morgan fingerprint density at radius 3 is 2.41 bits per heavy atom. The fourth-order valence-corrected chi connectivity index (χ4v) is 4.02. The summed E-state index contributed by atoms with van der Waals surface area (Å²) in [5.74, 6) is 0. The highest BCUT2D eigenvalue weighted by Crippen LogP contribution is 2.25. The predicted octanol–water partition coefficient (Wildman–Crippen LogP) is 2.23. The maximum Gasteiger partial charge on any atom is 0.241 e. The largest absolute Gasteiger partial charge is 0.324 e. The van der Waals surface area contributed by atoms with Gasteiger partial charge in [-0.3, -0.25) is 0 Å². The van der Waals surface area contributed by atoms with Crippen LogP contribution in [0.5, 0.6) is 0 Å². The van der Waals surface area contributed by atoms with Crippen molar-refractivity contribution < 1.29 is 8.42 Å². The van der Waals surface area contributed by atoms with E-state index < -0.39 is 15.6 Å². The van der Waals surface area contributed by atoms with Crippen molar-refractivity contribution >= 4 is 41.9 Å². The van der Waals surface area contributed by atoms with Crippen LogP contribution in [0.3, 0.4) is 0 Å². The van der Waals surface area contributed by atoms with Crippen molar-refractivity contribution in [3.8, 4) is 0 Å². The summed E-state index contributed by atoms with van der Waals surface area (Å²) in [5, 5.41) is 0. The van der Waals surface area contributed by atoms with Crippen LogP contribution in [0, 0.1) is 0 Å². The molecule has 0 saturated heterocycles. The number of halogens is 2. The molecule has 1 rings (SSSR count). The van der Waals surface area contributed by atoms with Gasteiger partial charge in [0, 0.05) is 21.0 Å². The summed E-state index contributed by atoms with van der Waals surface area (Å²) in [6, 6.07) is 4.88. The smallest absolute Gasteiger partial charge is 0.241 e. The van der Waals surface area contributed by atoms with Gasteiger partial charge >= 0.3 is 0 Å². The summed E-state index contributed by atoms with van der Waals surface area (Å²) < 4.78 is 27.8. The average molecular weight is 386 g/mol. The van der Waals surface area contributed by atoms with Gasteiger partial charge in [-0.15, -0.1) is 0 Å². The molecule has 0 heterocycles. The summed E-state index contributed by atoms with van der Waals surface area (Å²) >= 11 is 6.49. The molecule has 0 atom stereocenters. The highest BCUT2D eigenvalue weighted by molar-refractivity contribution is 9.11. The molecule has 0 amide bonds. The van der Waals surface area contributed by atoms with E-state index >= 15 is 0 Å². The molecule has 0 aromatic heterocycles. The lowest BCUT2D eigenvalue weighted by atomic mass is 10.1. The SMILES string of the molecule is CC(C)(N)CNS(=O)(=O)c1ccc(Br)cc1Br. The van der Waals surface area contributed by atoms with Gasteiger partial charge in [-0.1, -0.05) is 15.9 Å². The quantitative estimate of drug-likeness (QED) is 0.834. The zero-order chi connectivity index (χ0) is 13.3. The van der Waals surface area contributed by atoms with Gasteiger partial charge < -0.3 is 5.73 Å². The minimum atomic E-state index is -3.54. The normalized spacial score (nSPS) is 12.8. The molecule has 0 aliphatic rings. The second-order valence-electron chi connectivity index (χ2n) is 4.39. The molecule has 7 heteroatoms. The van der Waals surface area contributed by atoms with Crippen LogP contribution >= 0.6 is 31.9 Å². The molecule has 0 fully saturated rings. The first-order valence-corrected chi connectivity index (χ1v) is 7.92. The molecule has 0 aliphatic heterocycles. The Bertz CT molecular complexity index is 510. The van der Waals surface area contributed by atoms with Crippen LogP contribution in [0.25, 0.3) is 0 Å². The highest BCUT2D eigenvalue weighted by Gasteiger charge is 2.20. The molecule has 0 bridgehead atoms. The molecule has 0 radical (unpaired) electrons. The predicted molar refractivity (Wildman–Crippen MR) is 75.3 cm³/mol. The number of hydrogen-bond acceptors (Lipinski definition) is 3. The molecule has 0 aliphatic carbocycles. The molecule has 1 aromatic rings. The minimum absolute atomic E-state index is 0.178. The lowest BCUT2D eigenvalue weighted by molar-refractivity contribution is 0.498. The van der Waals surface area contributed by atoms with E-state index in [4.69, 9.17) is 5.73 Å². The fraction of sp³-hybridized carbons (Fsp3) is 0.400. The fourth-order valence-electron chi connectivity index (χ4n) is 1.05. The van der Waals surface area contributed by atoms with E-state index in [0.717, 1.165) is 4.47 Å². The van der Waals surface area contributed by atoms with Gasteiger partial charge in [-0.25, -0.2) is 13.1 Å². The lowest BCUT2D eigenvalue weighted by Gasteiger charge is -2.19. The second kappa shape index (κ2) is 5.36. The van der Waals surface area contributed by atoms with Crippen LogP contribution in [-0.2, 0) is 10.0 Å². The molecule has 96 valence electrons. The van der Waals surface area contributed by atoms with E-state index in [1.54, 1.807) is 26.0 Å². The maximum atomic E-state index is 12.0. The van der Waals surface area contributed by atoms with Gasteiger partial charge in [0.15, 0.2) is 0 Å². The monoisotopic (exact) mass is 384 g/mol. The molecule has 1 aromatic carbocycles. The van der Waals surface area contributed by atoms with Gasteiger partial charge in [-0.2, -0.15) is 0 Å².